The molecule has 146 valence electrons. The summed E-state index contributed by atoms with van der Waals surface area (Å²) in [6.45, 7) is 0. The Morgan fingerprint density at radius 1 is 1.14 bits per heavy atom. The van der Waals surface area contributed by atoms with Gasteiger partial charge < -0.3 is 14.6 Å². The predicted molar refractivity (Wildman–Crippen MR) is 112 cm³/mol. The summed E-state index contributed by atoms with van der Waals surface area (Å²) >= 11 is 3.56. The second-order valence-corrected chi connectivity index (χ2v) is 7.88. The fourth-order valence-electron chi connectivity index (χ4n) is 3.84. The van der Waals surface area contributed by atoms with E-state index in [4.69, 9.17) is 14.6 Å². The van der Waals surface area contributed by atoms with Crippen LogP contribution < -0.4 is 9.47 Å². The van der Waals surface area contributed by atoms with Crippen molar-refractivity contribution in [1.82, 2.24) is 9.99 Å². The van der Waals surface area contributed by atoms with E-state index in [2.05, 4.69) is 27.0 Å². The van der Waals surface area contributed by atoms with E-state index in [-0.39, 0.29) is 18.0 Å². The highest BCUT2D eigenvalue weighted by molar-refractivity contribution is 9.10. The van der Waals surface area contributed by atoms with E-state index in [0.717, 1.165) is 27.1 Å². The van der Waals surface area contributed by atoms with Crippen molar-refractivity contribution < 1.29 is 14.6 Å². The van der Waals surface area contributed by atoms with E-state index in [9.17, 15) is 5.11 Å². The van der Waals surface area contributed by atoms with Gasteiger partial charge in [-0.15, -0.1) is 0 Å². The lowest BCUT2D eigenvalue weighted by Crippen LogP contribution is -2.33. The number of phenols is 1. The number of hydrogen-bond donors (Lipinski definition) is 1. The van der Waals surface area contributed by atoms with Gasteiger partial charge >= 0.3 is 0 Å². The van der Waals surface area contributed by atoms with Crippen molar-refractivity contribution in [1.29, 1.82) is 0 Å². The van der Waals surface area contributed by atoms with Crippen LogP contribution in [0.25, 0.3) is 0 Å². The summed E-state index contributed by atoms with van der Waals surface area (Å²) in [6, 6.07) is 15.1. The normalized spacial score (nSPS) is 19.8. The number of fused-ring (bicyclic) bond motifs is 3. The topological polar surface area (TPSA) is 67.2 Å². The molecule has 0 amide bonds. The second kappa shape index (κ2) is 7.08. The Morgan fingerprint density at radius 3 is 2.76 bits per heavy atom. The first-order chi connectivity index (χ1) is 14.1. The van der Waals surface area contributed by atoms with Gasteiger partial charge in [0, 0.05) is 40.0 Å². The van der Waals surface area contributed by atoms with Crippen molar-refractivity contribution in [2.24, 2.45) is 5.10 Å². The summed E-state index contributed by atoms with van der Waals surface area (Å²) in [5, 5.41) is 17.3. The minimum absolute atomic E-state index is 0.00461. The van der Waals surface area contributed by atoms with Crippen LogP contribution >= 0.6 is 15.9 Å². The van der Waals surface area contributed by atoms with Gasteiger partial charge in [-0.2, -0.15) is 5.10 Å². The third-order valence-corrected chi connectivity index (χ3v) is 5.75. The number of benzene rings is 2. The molecule has 5 rings (SSSR count). The molecule has 0 fully saturated rings. The van der Waals surface area contributed by atoms with Gasteiger partial charge in [-0.05, 0) is 48.5 Å². The molecule has 0 aliphatic carbocycles. The third kappa shape index (κ3) is 3.11. The summed E-state index contributed by atoms with van der Waals surface area (Å²) in [5.74, 6) is 1.69. The van der Waals surface area contributed by atoms with Gasteiger partial charge in [-0.25, -0.2) is 5.01 Å². The van der Waals surface area contributed by atoms with Crippen LogP contribution in [0.4, 0.5) is 0 Å². The molecule has 3 heterocycles. The van der Waals surface area contributed by atoms with Gasteiger partial charge in [0.2, 0.25) is 6.23 Å². The zero-order valence-electron chi connectivity index (χ0n) is 15.6. The zero-order valence-corrected chi connectivity index (χ0v) is 17.2. The summed E-state index contributed by atoms with van der Waals surface area (Å²) < 4.78 is 12.6. The van der Waals surface area contributed by atoms with Crippen molar-refractivity contribution in [3.63, 3.8) is 0 Å². The Bertz CT molecular complexity index is 1100. The van der Waals surface area contributed by atoms with Crippen LogP contribution in [-0.4, -0.2) is 27.9 Å². The largest absolute Gasteiger partial charge is 0.507 e. The van der Waals surface area contributed by atoms with Crippen molar-refractivity contribution in [3.05, 3.63) is 82.1 Å². The molecular formula is C22H18BrN3O3. The van der Waals surface area contributed by atoms with Crippen LogP contribution in [0.2, 0.25) is 0 Å². The van der Waals surface area contributed by atoms with Gasteiger partial charge in [0.15, 0.2) is 0 Å². The number of rotatable bonds is 3. The summed E-state index contributed by atoms with van der Waals surface area (Å²) in [7, 11) is 1.61. The molecule has 6 nitrogen and oxygen atoms in total. The molecular weight excluding hydrogens is 434 g/mol. The number of nitrogens with zero attached hydrogens (tertiary/aromatic N) is 3. The van der Waals surface area contributed by atoms with Gasteiger partial charge in [0.1, 0.15) is 17.2 Å². The minimum Gasteiger partial charge on any atom is -0.507 e. The molecule has 3 aromatic rings. The summed E-state index contributed by atoms with van der Waals surface area (Å²) in [6.07, 6.45) is 3.77. The molecule has 0 saturated heterocycles. The van der Waals surface area contributed by atoms with Crippen molar-refractivity contribution in [2.75, 3.05) is 7.11 Å². The Hall–Kier alpha value is -3.06. The quantitative estimate of drug-likeness (QED) is 0.619. The number of methoxy groups -OCH3 is 1. The Morgan fingerprint density at radius 2 is 1.97 bits per heavy atom. The number of aromatic nitrogens is 1. The second-order valence-electron chi connectivity index (χ2n) is 6.96. The molecule has 0 bridgehead atoms. The summed E-state index contributed by atoms with van der Waals surface area (Å²) in [4.78, 5) is 4.11. The number of pyridine rings is 1. The van der Waals surface area contributed by atoms with Crippen molar-refractivity contribution in [2.45, 2.75) is 18.7 Å². The first-order valence-electron chi connectivity index (χ1n) is 9.23. The Kier molecular flexibility index (Phi) is 4.39. The molecule has 2 aliphatic rings. The van der Waals surface area contributed by atoms with E-state index in [0.29, 0.717) is 17.7 Å². The molecule has 1 aromatic heterocycles. The molecule has 0 spiro atoms. The Labute approximate surface area is 176 Å². The van der Waals surface area contributed by atoms with E-state index >= 15 is 0 Å². The SMILES string of the molecule is COc1ccc(O)c(C2=NN3[C@H](C2)c2cc(Br)ccc2O[C@@H]3c2ccncc2)c1. The number of phenolic OH excluding ortho intramolecular Hbond substituents is 1. The lowest BCUT2D eigenvalue weighted by molar-refractivity contribution is -0.0191. The number of aromatic hydroxyl groups is 1. The van der Waals surface area contributed by atoms with E-state index in [1.54, 1.807) is 31.6 Å². The fourth-order valence-corrected chi connectivity index (χ4v) is 4.22. The molecule has 7 heteroatoms. The molecule has 29 heavy (non-hydrogen) atoms. The average molecular weight is 452 g/mol. The molecule has 2 aliphatic heterocycles. The van der Waals surface area contributed by atoms with Gasteiger partial charge in [0.05, 0.1) is 18.9 Å². The van der Waals surface area contributed by atoms with Gasteiger partial charge in [-0.3, -0.25) is 4.98 Å². The maximum atomic E-state index is 10.4. The number of ether oxygens (including phenoxy) is 2. The average Bonchev–Trinajstić information content (AvgIpc) is 3.20. The van der Waals surface area contributed by atoms with Crippen LogP contribution in [-0.2, 0) is 0 Å². The monoisotopic (exact) mass is 451 g/mol. The first kappa shape index (κ1) is 18.0. The van der Waals surface area contributed by atoms with E-state index in [1.807, 2.05) is 35.3 Å². The highest BCUT2D eigenvalue weighted by Crippen LogP contribution is 2.48. The first-order valence-corrected chi connectivity index (χ1v) is 10.0. The maximum Gasteiger partial charge on any atom is 0.213 e. The number of hydrogen-bond acceptors (Lipinski definition) is 6. The minimum atomic E-state index is -0.373. The van der Waals surface area contributed by atoms with Crippen molar-refractivity contribution in [3.8, 4) is 17.2 Å². The number of hydrazone groups is 1. The van der Waals surface area contributed by atoms with Crippen molar-refractivity contribution >= 4 is 21.6 Å². The smallest absolute Gasteiger partial charge is 0.213 e. The van der Waals surface area contributed by atoms with E-state index in [1.165, 1.54) is 0 Å². The highest BCUT2D eigenvalue weighted by Gasteiger charge is 2.41. The number of halogens is 1. The molecule has 0 radical (unpaired) electrons. The van der Waals surface area contributed by atoms with Gasteiger partial charge in [-0.1, -0.05) is 15.9 Å². The molecule has 0 unspecified atom stereocenters. The third-order valence-electron chi connectivity index (χ3n) is 5.26. The Balaban J connectivity index is 1.62. The van der Waals surface area contributed by atoms with E-state index < -0.39 is 0 Å². The van der Waals surface area contributed by atoms with Crippen LogP contribution in [0, 0.1) is 0 Å². The van der Waals surface area contributed by atoms with Crippen LogP contribution in [0.3, 0.4) is 0 Å². The molecule has 0 saturated carbocycles. The van der Waals surface area contributed by atoms with Crippen LogP contribution in [0.1, 0.15) is 35.4 Å². The lowest BCUT2D eigenvalue weighted by Gasteiger charge is -2.38. The molecule has 2 atom stereocenters. The summed E-state index contributed by atoms with van der Waals surface area (Å²) in [5.41, 5.74) is 3.50. The standard InChI is InChI=1S/C22H18BrN3O3/c1-28-15-3-4-20(27)16(11-15)18-12-19-17-10-14(23)2-5-21(17)29-22(26(19)25-18)13-6-8-24-9-7-13/h2-11,19,22,27H,12H2,1H3/t19-,22-/m1/s1. The van der Waals surface area contributed by atoms with Crippen LogP contribution in [0.15, 0.2) is 70.5 Å². The highest BCUT2D eigenvalue weighted by atomic mass is 79.9. The lowest BCUT2D eigenvalue weighted by atomic mass is 9.95. The zero-order chi connectivity index (χ0) is 20.0. The molecule has 1 N–H and O–H groups in total. The fraction of sp³-hybridized carbons (Fsp3) is 0.182. The maximum absolute atomic E-state index is 10.4. The molecule has 2 aromatic carbocycles. The van der Waals surface area contributed by atoms with Gasteiger partial charge in [0.25, 0.3) is 0 Å². The van der Waals surface area contributed by atoms with Crippen LogP contribution in [0.5, 0.6) is 17.2 Å². The predicted octanol–water partition coefficient (Wildman–Crippen LogP) is 4.80.